The lowest BCUT2D eigenvalue weighted by Gasteiger charge is -2.26. The summed E-state index contributed by atoms with van der Waals surface area (Å²) in [5, 5.41) is 0. The van der Waals surface area contributed by atoms with Gasteiger partial charge in [0.25, 0.3) is 0 Å². The molecule has 0 atom stereocenters. The van der Waals surface area contributed by atoms with Crippen molar-refractivity contribution < 1.29 is 17.5 Å². The molecular formula is C20H25FN6O3S. The molecule has 1 fully saturated rings. The highest BCUT2D eigenvalue weighted by molar-refractivity contribution is 7.92. The Morgan fingerprint density at radius 3 is 2.77 bits per heavy atom. The fourth-order valence-electron chi connectivity index (χ4n) is 3.07. The molecule has 3 rings (SSSR count). The molecule has 0 amide bonds. The minimum atomic E-state index is -3.68. The lowest BCUT2D eigenvalue weighted by atomic mass is 10.1. The summed E-state index contributed by atoms with van der Waals surface area (Å²) in [6, 6.07) is 3.84. The van der Waals surface area contributed by atoms with E-state index in [1.165, 1.54) is 24.5 Å². The summed E-state index contributed by atoms with van der Waals surface area (Å²) < 4.78 is 47.0. The topological polar surface area (TPSA) is 123 Å². The molecule has 0 radical (unpaired) electrons. The van der Waals surface area contributed by atoms with Crippen LogP contribution < -0.4 is 10.5 Å². The Morgan fingerprint density at radius 1 is 1.35 bits per heavy atom. The van der Waals surface area contributed by atoms with Gasteiger partial charge in [0.05, 0.1) is 36.1 Å². The van der Waals surface area contributed by atoms with Crippen LogP contribution in [0, 0.1) is 12.7 Å². The minimum Gasteiger partial charge on any atom is -0.382 e. The number of hydrogen-bond donors (Lipinski definition) is 2. The van der Waals surface area contributed by atoms with E-state index in [0.29, 0.717) is 55.5 Å². The average molecular weight is 449 g/mol. The van der Waals surface area contributed by atoms with Gasteiger partial charge in [-0.3, -0.25) is 9.62 Å². The smallest absolute Gasteiger partial charge is 0.233 e. The van der Waals surface area contributed by atoms with Gasteiger partial charge in [-0.1, -0.05) is 6.58 Å². The molecule has 1 aliphatic heterocycles. The third-order valence-electron chi connectivity index (χ3n) is 4.71. The first-order valence-corrected chi connectivity index (χ1v) is 11.3. The number of nitrogens with one attached hydrogen (secondary N) is 1. The van der Waals surface area contributed by atoms with Crippen molar-refractivity contribution in [2.45, 2.75) is 6.92 Å². The van der Waals surface area contributed by atoms with Gasteiger partial charge in [0.2, 0.25) is 10.0 Å². The first-order valence-electron chi connectivity index (χ1n) is 9.67. The van der Waals surface area contributed by atoms with E-state index in [1.807, 2.05) is 4.90 Å². The average Bonchev–Trinajstić information content (AvgIpc) is 2.72. The summed E-state index contributed by atoms with van der Waals surface area (Å²) in [4.78, 5) is 14.4. The Morgan fingerprint density at radius 2 is 2.10 bits per heavy atom. The molecule has 0 spiro atoms. The molecular weight excluding hydrogens is 423 g/mol. The number of allylic oxidation sites excluding steroid dienone is 1. The van der Waals surface area contributed by atoms with E-state index in [4.69, 9.17) is 10.5 Å². The van der Waals surface area contributed by atoms with Crippen LogP contribution in [0.5, 0.6) is 0 Å². The number of halogens is 1. The van der Waals surface area contributed by atoms with Gasteiger partial charge >= 0.3 is 0 Å². The molecule has 2 aromatic rings. The van der Waals surface area contributed by atoms with Crippen LogP contribution in [0.15, 0.2) is 42.2 Å². The lowest BCUT2D eigenvalue weighted by molar-refractivity contribution is 0.0408. The van der Waals surface area contributed by atoms with Crippen molar-refractivity contribution in [2.75, 3.05) is 49.1 Å². The van der Waals surface area contributed by atoms with Crippen molar-refractivity contribution in [3.05, 3.63) is 54.3 Å². The standard InChI is InChI=1S/C20H25FN6O3S/c1-3-18(25-19-14(2)23-13-24-20(19)22)15-10-16(21)12-17(11-15)26-31(28,29)9-6-27-4-7-30-8-5-27/h3,10-13,26H,1,4-9H2,2H3,(H2,22,23,24). The number of hydrogen-bond acceptors (Lipinski definition) is 8. The number of nitrogens with two attached hydrogens (primary N) is 1. The number of sulfonamides is 1. The van der Waals surface area contributed by atoms with E-state index in [2.05, 4.69) is 26.3 Å². The number of ether oxygens (including phenoxy) is 1. The maximum absolute atomic E-state index is 14.3. The van der Waals surface area contributed by atoms with Crippen LogP contribution in [0.2, 0.25) is 0 Å². The van der Waals surface area contributed by atoms with Crippen LogP contribution in [0.3, 0.4) is 0 Å². The van der Waals surface area contributed by atoms with Crippen molar-refractivity contribution >= 4 is 32.9 Å². The van der Waals surface area contributed by atoms with Crippen molar-refractivity contribution in [3.8, 4) is 0 Å². The van der Waals surface area contributed by atoms with E-state index in [0.717, 1.165) is 6.07 Å². The Bertz CT molecular complexity index is 1060. The normalized spacial score (nSPS) is 15.6. The zero-order valence-corrected chi connectivity index (χ0v) is 18.0. The number of nitrogens with zero attached hydrogens (tertiary/aromatic N) is 4. The summed E-state index contributed by atoms with van der Waals surface area (Å²) in [6.07, 6.45) is 2.75. The highest BCUT2D eigenvalue weighted by Gasteiger charge is 2.17. The SMILES string of the molecule is C=CC(=Nc1c(C)ncnc1N)c1cc(F)cc(NS(=O)(=O)CCN2CCOCC2)c1. The van der Waals surface area contributed by atoms with E-state index < -0.39 is 15.8 Å². The largest absolute Gasteiger partial charge is 0.382 e. The molecule has 1 aromatic carbocycles. The summed E-state index contributed by atoms with van der Waals surface area (Å²) in [7, 11) is -3.68. The van der Waals surface area contributed by atoms with Gasteiger partial charge in [-0.2, -0.15) is 0 Å². The van der Waals surface area contributed by atoms with Crippen LogP contribution in [-0.2, 0) is 14.8 Å². The fraction of sp³-hybridized carbons (Fsp3) is 0.350. The molecule has 0 aliphatic carbocycles. The Labute approximate surface area is 180 Å². The number of aromatic nitrogens is 2. The first-order chi connectivity index (χ1) is 14.8. The Hall–Kier alpha value is -2.89. The third-order valence-corrected chi connectivity index (χ3v) is 5.97. The molecule has 1 aliphatic rings. The van der Waals surface area contributed by atoms with Crippen molar-refractivity contribution in [3.63, 3.8) is 0 Å². The van der Waals surface area contributed by atoms with Gasteiger partial charge in [0, 0.05) is 25.2 Å². The van der Waals surface area contributed by atoms with Crippen LogP contribution in [0.4, 0.5) is 21.6 Å². The summed E-state index contributed by atoms with van der Waals surface area (Å²) in [5.74, 6) is -0.558. The van der Waals surface area contributed by atoms with Crippen LogP contribution in [-0.4, -0.2) is 67.6 Å². The molecule has 9 nitrogen and oxygen atoms in total. The van der Waals surface area contributed by atoms with Gasteiger partial charge in [0.1, 0.15) is 17.8 Å². The second-order valence-corrected chi connectivity index (χ2v) is 8.84. The van der Waals surface area contributed by atoms with Gasteiger partial charge in [0.15, 0.2) is 5.82 Å². The Balaban J connectivity index is 1.81. The summed E-state index contributed by atoms with van der Waals surface area (Å²) in [6.45, 7) is 8.34. The number of benzene rings is 1. The van der Waals surface area contributed by atoms with Crippen LogP contribution in [0.25, 0.3) is 0 Å². The predicted octanol–water partition coefficient (Wildman–Crippen LogP) is 1.89. The van der Waals surface area contributed by atoms with Crippen molar-refractivity contribution in [1.29, 1.82) is 0 Å². The highest BCUT2D eigenvalue weighted by atomic mass is 32.2. The quantitative estimate of drug-likeness (QED) is 0.591. The van der Waals surface area contributed by atoms with E-state index in [9.17, 15) is 12.8 Å². The second-order valence-electron chi connectivity index (χ2n) is 7.00. The van der Waals surface area contributed by atoms with Gasteiger partial charge < -0.3 is 10.5 Å². The van der Waals surface area contributed by atoms with Crippen LogP contribution >= 0.6 is 0 Å². The molecule has 2 heterocycles. The van der Waals surface area contributed by atoms with E-state index >= 15 is 0 Å². The lowest BCUT2D eigenvalue weighted by Crippen LogP contribution is -2.39. The van der Waals surface area contributed by atoms with E-state index in [1.54, 1.807) is 6.92 Å². The number of aryl methyl sites for hydroxylation is 1. The minimum absolute atomic E-state index is 0.0977. The molecule has 3 N–H and O–H groups in total. The second kappa shape index (κ2) is 9.94. The molecule has 31 heavy (non-hydrogen) atoms. The molecule has 1 saturated heterocycles. The number of anilines is 2. The maximum Gasteiger partial charge on any atom is 0.233 e. The zero-order valence-electron chi connectivity index (χ0n) is 17.2. The third kappa shape index (κ3) is 6.29. The molecule has 0 unspecified atom stereocenters. The van der Waals surface area contributed by atoms with E-state index in [-0.39, 0.29) is 17.3 Å². The molecule has 0 bridgehead atoms. The highest BCUT2D eigenvalue weighted by Crippen LogP contribution is 2.25. The monoisotopic (exact) mass is 448 g/mol. The molecule has 0 saturated carbocycles. The van der Waals surface area contributed by atoms with Crippen molar-refractivity contribution in [1.82, 2.24) is 14.9 Å². The van der Waals surface area contributed by atoms with Gasteiger partial charge in [-0.15, -0.1) is 0 Å². The van der Waals surface area contributed by atoms with Gasteiger partial charge in [-0.25, -0.2) is 27.8 Å². The zero-order chi connectivity index (χ0) is 22.4. The number of rotatable bonds is 8. The fourth-order valence-corrected chi connectivity index (χ4v) is 4.15. The molecule has 11 heteroatoms. The van der Waals surface area contributed by atoms with Crippen molar-refractivity contribution in [2.24, 2.45) is 4.99 Å². The number of morpholine rings is 1. The summed E-state index contributed by atoms with van der Waals surface area (Å²) >= 11 is 0. The number of nitrogen functional groups attached to an aromatic ring is 1. The summed E-state index contributed by atoms with van der Waals surface area (Å²) in [5.41, 5.74) is 7.50. The Kier molecular flexibility index (Phi) is 7.31. The maximum atomic E-state index is 14.3. The van der Waals surface area contributed by atoms with Crippen LogP contribution in [0.1, 0.15) is 11.3 Å². The number of aliphatic imine (C=N–C) groups is 1. The predicted molar refractivity (Wildman–Crippen MR) is 119 cm³/mol. The molecule has 166 valence electrons. The molecule has 1 aromatic heterocycles. The first kappa shape index (κ1) is 22.8. The van der Waals surface area contributed by atoms with Gasteiger partial charge in [-0.05, 0) is 31.2 Å².